The first-order chi connectivity index (χ1) is 14.2. The molecule has 2 aromatic carbocycles. The summed E-state index contributed by atoms with van der Waals surface area (Å²) >= 11 is 0. The highest BCUT2D eigenvalue weighted by Gasteiger charge is 2.36. The predicted octanol–water partition coefficient (Wildman–Crippen LogP) is 3.20. The summed E-state index contributed by atoms with van der Waals surface area (Å²) < 4.78 is 5.34. The number of aryl methyl sites for hydroxylation is 1. The number of nitrogens with one attached hydrogen (secondary N) is 2. The first-order valence-corrected chi connectivity index (χ1v) is 10.5. The van der Waals surface area contributed by atoms with Crippen LogP contribution in [0.4, 0.5) is 10.5 Å². The Balaban J connectivity index is 1.36. The van der Waals surface area contributed by atoms with E-state index in [0.717, 1.165) is 49.5 Å². The standard InChI is InChI=1S/C23H28N4O2/c1-15(16-4-3-5-19(13-16)29-2)26-10-11-27(23(26)28)18-7-8-20-17(12-18)6-9-22-21(20)14-24-25-22/h3-5,7-8,12-13,15,21-22,24-25H,6,9-11,14H2,1-2H3/t15-,21?,22?/m1/s1. The van der Waals surface area contributed by atoms with E-state index in [1.165, 1.54) is 11.1 Å². The molecule has 2 saturated heterocycles. The van der Waals surface area contributed by atoms with Crippen LogP contribution in [0.25, 0.3) is 0 Å². The highest BCUT2D eigenvalue weighted by atomic mass is 16.5. The minimum Gasteiger partial charge on any atom is -0.497 e. The average Bonchev–Trinajstić information content (AvgIpc) is 3.39. The SMILES string of the molecule is COc1cccc([C@@H](C)N2CCN(c3ccc4c(c3)CCC3NNCC43)C2=O)c1. The highest BCUT2D eigenvalue weighted by molar-refractivity contribution is 5.94. The molecule has 2 aromatic rings. The van der Waals surface area contributed by atoms with Crippen molar-refractivity contribution in [3.8, 4) is 5.75 Å². The predicted molar refractivity (Wildman–Crippen MR) is 113 cm³/mol. The molecule has 0 aromatic heterocycles. The van der Waals surface area contributed by atoms with Crippen molar-refractivity contribution in [2.24, 2.45) is 0 Å². The van der Waals surface area contributed by atoms with Gasteiger partial charge < -0.3 is 9.64 Å². The topological polar surface area (TPSA) is 56.8 Å². The van der Waals surface area contributed by atoms with Gasteiger partial charge in [0.15, 0.2) is 0 Å². The normalized spacial score (nSPS) is 24.4. The molecule has 2 heterocycles. The Labute approximate surface area is 171 Å². The first-order valence-electron chi connectivity index (χ1n) is 10.5. The number of urea groups is 1. The third-order valence-electron chi connectivity index (χ3n) is 6.74. The molecular formula is C23H28N4O2. The lowest BCUT2D eigenvalue weighted by molar-refractivity contribution is 0.205. The number of rotatable bonds is 4. The summed E-state index contributed by atoms with van der Waals surface area (Å²) in [5.41, 5.74) is 11.6. The largest absolute Gasteiger partial charge is 0.497 e. The van der Waals surface area contributed by atoms with Crippen LogP contribution in [0, 0.1) is 0 Å². The maximum Gasteiger partial charge on any atom is 0.325 e. The quantitative estimate of drug-likeness (QED) is 0.839. The lowest BCUT2D eigenvalue weighted by Crippen LogP contribution is -2.34. The molecule has 0 spiro atoms. The second-order valence-corrected chi connectivity index (χ2v) is 8.24. The van der Waals surface area contributed by atoms with Crippen molar-refractivity contribution in [3.05, 3.63) is 59.2 Å². The van der Waals surface area contributed by atoms with Gasteiger partial charge in [-0.1, -0.05) is 18.2 Å². The molecule has 2 aliphatic heterocycles. The minimum atomic E-state index is 0.0108. The number of nitrogens with zero attached hydrogens (tertiary/aromatic N) is 2. The molecule has 29 heavy (non-hydrogen) atoms. The van der Waals surface area contributed by atoms with Gasteiger partial charge in [0.2, 0.25) is 0 Å². The van der Waals surface area contributed by atoms with Crippen LogP contribution in [0.5, 0.6) is 5.75 Å². The fourth-order valence-electron chi connectivity index (χ4n) is 5.03. The van der Waals surface area contributed by atoms with E-state index in [1.54, 1.807) is 7.11 Å². The number of carbonyl (C=O) groups is 1. The maximum atomic E-state index is 13.2. The number of ether oxygens (including phenoxy) is 1. The molecule has 152 valence electrons. The summed E-state index contributed by atoms with van der Waals surface area (Å²) in [4.78, 5) is 17.1. The minimum absolute atomic E-state index is 0.0108. The molecule has 0 bridgehead atoms. The van der Waals surface area contributed by atoms with E-state index in [9.17, 15) is 4.79 Å². The van der Waals surface area contributed by atoms with Crippen molar-refractivity contribution < 1.29 is 9.53 Å². The molecule has 2 amide bonds. The number of hydrogen-bond donors (Lipinski definition) is 2. The zero-order chi connectivity index (χ0) is 20.0. The van der Waals surface area contributed by atoms with Gasteiger partial charge >= 0.3 is 6.03 Å². The Morgan fingerprint density at radius 2 is 2.07 bits per heavy atom. The number of methoxy groups -OCH3 is 1. The Bertz CT molecular complexity index is 931. The summed E-state index contributed by atoms with van der Waals surface area (Å²) in [5.74, 6) is 1.35. The Morgan fingerprint density at radius 1 is 1.17 bits per heavy atom. The molecule has 0 saturated carbocycles. The van der Waals surface area contributed by atoms with Crippen molar-refractivity contribution in [1.29, 1.82) is 0 Å². The zero-order valence-corrected chi connectivity index (χ0v) is 17.0. The first kappa shape index (κ1) is 18.5. The van der Waals surface area contributed by atoms with Gasteiger partial charge in [0.25, 0.3) is 0 Å². The fourth-order valence-corrected chi connectivity index (χ4v) is 5.03. The van der Waals surface area contributed by atoms with Crippen LogP contribution in [0.3, 0.4) is 0 Å². The second kappa shape index (κ2) is 7.35. The van der Waals surface area contributed by atoms with Gasteiger partial charge in [0.1, 0.15) is 5.75 Å². The van der Waals surface area contributed by atoms with Crippen molar-refractivity contribution in [2.45, 2.75) is 37.8 Å². The van der Waals surface area contributed by atoms with Gasteiger partial charge in [-0.25, -0.2) is 4.79 Å². The van der Waals surface area contributed by atoms with Crippen molar-refractivity contribution in [2.75, 3.05) is 31.6 Å². The molecule has 0 radical (unpaired) electrons. The van der Waals surface area contributed by atoms with Crippen molar-refractivity contribution in [3.63, 3.8) is 0 Å². The molecule has 5 rings (SSSR count). The van der Waals surface area contributed by atoms with Crippen LogP contribution in [-0.2, 0) is 6.42 Å². The van der Waals surface area contributed by atoms with Crippen LogP contribution >= 0.6 is 0 Å². The van der Waals surface area contributed by atoms with Crippen LogP contribution in [0.1, 0.15) is 42.0 Å². The second-order valence-electron chi connectivity index (χ2n) is 8.24. The van der Waals surface area contributed by atoms with E-state index in [4.69, 9.17) is 4.74 Å². The lowest BCUT2D eigenvalue weighted by Gasteiger charge is -2.29. The third-order valence-corrected chi connectivity index (χ3v) is 6.74. The number of hydrogen-bond acceptors (Lipinski definition) is 4. The highest BCUT2D eigenvalue weighted by Crippen LogP contribution is 2.37. The zero-order valence-electron chi connectivity index (χ0n) is 17.0. The van der Waals surface area contributed by atoms with Gasteiger partial charge in [-0.3, -0.25) is 15.8 Å². The maximum absolute atomic E-state index is 13.2. The number of amides is 2. The van der Waals surface area contributed by atoms with Crippen molar-refractivity contribution >= 4 is 11.7 Å². The molecular weight excluding hydrogens is 364 g/mol. The number of hydrazine groups is 1. The molecule has 6 heteroatoms. The van der Waals surface area contributed by atoms with Crippen LogP contribution in [0.2, 0.25) is 0 Å². The molecule has 3 atom stereocenters. The number of anilines is 1. The van der Waals surface area contributed by atoms with E-state index in [0.29, 0.717) is 12.0 Å². The van der Waals surface area contributed by atoms with Gasteiger partial charge in [-0.15, -0.1) is 0 Å². The molecule has 2 fully saturated rings. The van der Waals surface area contributed by atoms with Crippen LogP contribution in [0.15, 0.2) is 42.5 Å². The van der Waals surface area contributed by atoms with Gasteiger partial charge in [0.05, 0.1) is 13.2 Å². The summed E-state index contributed by atoms with van der Waals surface area (Å²) in [7, 11) is 1.67. The van der Waals surface area contributed by atoms with E-state index < -0.39 is 0 Å². The Kier molecular flexibility index (Phi) is 4.68. The average molecular weight is 393 g/mol. The van der Waals surface area contributed by atoms with E-state index in [-0.39, 0.29) is 12.1 Å². The Morgan fingerprint density at radius 3 is 2.93 bits per heavy atom. The van der Waals surface area contributed by atoms with Gasteiger partial charge in [0, 0.05) is 37.3 Å². The number of fused-ring (bicyclic) bond motifs is 3. The molecule has 2 unspecified atom stereocenters. The van der Waals surface area contributed by atoms with Crippen LogP contribution in [-0.4, -0.2) is 43.7 Å². The Hall–Kier alpha value is -2.57. The van der Waals surface area contributed by atoms with Gasteiger partial charge in [-0.2, -0.15) is 0 Å². The van der Waals surface area contributed by atoms with Crippen molar-refractivity contribution in [1.82, 2.24) is 15.8 Å². The third kappa shape index (κ3) is 3.16. The molecule has 3 aliphatic rings. The number of carbonyl (C=O) groups excluding carboxylic acids is 1. The smallest absolute Gasteiger partial charge is 0.325 e. The van der Waals surface area contributed by atoms with E-state index in [1.807, 2.05) is 28.0 Å². The summed E-state index contributed by atoms with van der Waals surface area (Å²) in [5, 5.41) is 0. The molecule has 1 aliphatic carbocycles. The summed E-state index contributed by atoms with van der Waals surface area (Å²) in [6.45, 7) is 4.52. The molecule has 6 nitrogen and oxygen atoms in total. The van der Waals surface area contributed by atoms with E-state index in [2.05, 4.69) is 42.0 Å². The molecule has 2 N–H and O–H groups in total. The summed E-state index contributed by atoms with van der Waals surface area (Å²) in [6.07, 6.45) is 2.20. The monoisotopic (exact) mass is 392 g/mol. The fraction of sp³-hybridized carbons (Fsp3) is 0.435. The van der Waals surface area contributed by atoms with Crippen LogP contribution < -0.4 is 20.5 Å². The summed E-state index contributed by atoms with van der Waals surface area (Å²) in [6, 6.07) is 15.2. The lowest BCUT2D eigenvalue weighted by atomic mass is 9.80. The van der Waals surface area contributed by atoms with E-state index >= 15 is 0 Å². The van der Waals surface area contributed by atoms with Gasteiger partial charge in [-0.05, 0) is 60.7 Å². The number of benzene rings is 2.